The van der Waals surface area contributed by atoms with Crippen molar-refractivity contribution in [2.75, 3.05) is 12.9 Å². The summed E-state index contributed by atoms with van der Waals surface area (Å²) in [5.41, 5.74) is 6.69. The standard InChI is InChI=1S/C28H25NOS2/c1-3-4-9-18-31-28-26-22-10-5-7-12-24(22)29(19-20-14-16-21(30-2)17-15-20)27(26)23-11-6-8-13-25(23)32-28/h1,5-8,10-17,28H,4,9,18-19H2,2H3. The number of hydrogen-bond donors (Lipinski definition) is 0. The van der Waals surface area contributed by atoms with E-state index in [1.807, 2.05) is 35.7 Å². The molecule has 2 nitrogen and oxygen atoms in total. The van der Waals surface area contributed by atoms with E-state index >= 15 is 0 Å². The molecule has 0 amide bonds. The smallest absolute Gasteiger partial charge is 0.118 e. The van der Waals surface area contributed by atoms with Crippen LogP contribution < -0.4 is 4.74 Å². The highest BCUT2D eigenvalue weighted by Gasteiger charge is 2.31. The molecule has 0 fully saturated rings. The van der Waals surface area contributed by atoms with Crippen LogP contribution in [0.4, 0.5) is 0 Å². The molecule has 0 bridgehead atoms. The number of benzene rings is 3. The van der Waals surface area contributed by atoms with Crippen molar-refractivity contribution in [3.63, 3.8) is 0 Å². The van der Waals surface area contributed by atoms with Crippen LogP contribution >= 0.6 is 23.5 Å². The number of fused-ring (bicyclic) bond motifs is 5. The van der Waals surface area contributed by atoms with Gasteiger partial charge in [0.1, 0.15) is 5.75 Å². The number of aromatic nitrogens is 1. The van der Waals surface area contributed by atoms with E-state index in [1.54, 1.807) is 7.11 Å². The third kappa shape index (κ3) is 3.92. The number of terminal acetylenes is 1. The monoisotopic (exact) mass is 455 g/mol. The van der Waals surface area contributed by atoms with Gasteiger partial charge in [-0.25, -0.2) is 0 Å². The van der Waals surface area contributed by atoms with Gasteiger partial charge in [0.15, 0.2) is 0 Å². The van der Waals surface area contributed by atoms with Crippen molar-refractivity contribution in [1.29, 1.82) is 0 Å². The highest BCUT2D eigenvalue weighted by Crippen LogP contribution is 2.56. The van der Waals surface area contributed by atoms with Gasteiger partial charge in [-0.05, 0) is 42.0 Å². The second-order valence-electron chi connectivity index (χ2n) is 7.84. The van der Waals surface area contributed by atoms with Gasteiger partial charge in [-0.2, -0.15) is 0 Å². The number of unbranched alkanes of at least 4 members (excludes halogenated alkanes) is 1. The zero-order valence-electron chi connectivity index (χ0n) is 18.1. The first kappa shape index (κ1) is 21.1. The third-order valence-electron chi connectivity index (χ3n) is 5.86. The lowest BCUT2D eigenvalue weighted by atomic mass is 10.1. The average Bonchev–Trinajstić information content (AvgIpc) is 3.17. The molecule has 160 valence electrons. The van der Waals surface area contributed by atoms with E-state index in [0.29, 0.717) is 4.58 Å². The van der Waals surface area contributed by atoms with Crippen molar-refractivity contribution in [3.05, 3.63) is 83.9 Å². The Kier molecular flexibility index (Phi) is 6.21. The molecule has 0 N–H and O–H groups in total. The summed E-state index contributed by atoms with van der Waals surface area (Å²) in [6.07, 6.45) is 7.38. The molecule has 4 aromatic rings. The highest BCUT2D eigenvalue weighted by molar-refractivity contribution is 8.16. The van der Waals surface area contributed by atoms with E-state index < -0.39 is 0 Å². The van der Waals surface area contributed by atoms with Gasteiger partial charge in [-0.15, -0.1) is 35.9 Å². The molecule has 0 saturated heterocycles. The first-order chi connectivity index (χ1) is 15.8. The van der Waals surface area contributed by atoms with Crippen molar-refractivity contribution < 1.29 is 4.74 Å². The lowest BCUT2D eigenvalue weighted by Crippen LogP contribution is -2.07. The second kappa shape index (κ2) is 9.40. The van der Waals surface area contributed by atoms with Crippen LogP contribution in [0.3, 0.4) is 0 Å². The van der Waals surface area contributed by atoms with Crippen LogP contribution in [0.2, 0.25) is 0 Å². The van der Waals surface area contributed by atoms with Crippen LogP contribution in [0.25, 0.3) is 22.2 Å². The van der Waals surface area contributed by atoms with Crippen LogP contribution in [0, 0.1) is 12.3 Å². The summed E-state index contributed by atoms with van der Waals surface area (Å²) in [6.45, 7) is 0.827. The lowest BCUT2D eigenvalue weighted by molar-refractivity contribution is 0.414. The third-order valence-corrected chi connectivity index (χ3v) is 8.68. The molecular weight excluding hydrogens is 430 g/mol. The number of ether oxygens (including phenoxy) is 1. The van der Waals surface area contributed by atoms with Crippen LogP contribution in [-0.4, -0.2) is 17.4 Å². The summed E-state index contributed by atoms with van der Waals surface area (Å²) >= 11 is 4.00. The van der Waals surface area contributed by atoms with Crippen LogP contribution in [0.15, 0.2) is 77.7 Å². The Morgan fingerprint density at radius 2 is 1.81 bits per heavy atom. The molecule has 0 spiro atoms. The van der Waals surface area contributed by atoms with Gasteiger partial charge in [0.25, 0.3) is 0 Å². The number of nitrogens with zero attached hydrogens (tertiary/aromatic N) is 1. The molecule has 0 radical (unpaired) electrons. The summed E-state index contributed by atoms with van der Waals surface area (Å²) in [4.78, 5) is 1.35. The summed E-state index contributed by atoms with van der Waals surface area (Å²) in [5.74, 6) is 4.73. The maximum atomic E-state index is 5.48. The van der Waals surface area contributed by atoms with Crippen LogP contribution in [0.1, 0.15) is 28.6 Å². The first-order valence-corrected chi connectivity index (χ1v) is 12.8. The Labute approximate surface area is 198 Å². The quantitative estimate of drug-likeness (QED) is 0.210. The molecule has 0 saturated carbocycles. The fraction of sp³-hybridized carbons (Fsp3) is 0.214. The largest absolute Gasteiger partial charge is 0.497 e. The average molecular weight is 456 g/mol. The van der Waals surface area contributed by atoms with Gasteiger partial charge in [0, 0.05) is 39.9 Å². The number of para-hydroxylation sites is 1. The van der Waals surface area contributed by atoms with E-state index in [9.17, 15) is 0 Å². The van der Waals surface area contributed by atoms with Gasteiger partial charge in [0.05, 0.1) is 17.4 Å². The van der Waals surface area contributed by atoms with Crippen molar-refractivity contribution in [1.82, 2.24) is 4.57 Å². The molecule has 3 aromatic carbocycles. The molecule has 0 aliphatic carbocycles. The van der Waals surface area contributed by atoms with Gasteiger partial charge in [-0.1, -0.05) is 48.5 Å². The molecular formula is C28H25NOS2. The first-order valence-electron chi connectivity index (χ1n) is 10.9. The fourth-order valence-corrected chi connectivity index (χ4v) is 7.20. The minimum absolute atomic E-state index is 0.361. The van der Waals surface area contributed by atoms with Crippen molar-refractivity contribution in [2.45, 2.75) is 28.9 Å². The summed E-state index contributed by atoms with van der Waals surface area (Å²) in [6, 6.07) is 26.1. The predicted octanol–water partition coefficient (Wildman–Crippen LogP) is 7.62. The number of hydrogen-bond acceptors (Lipinski definition) is 3. The van der Waals surface area contributed by atoms with Crippen molar-refractivity contribution in [2.24, 2.45) is 0 Å². The number of thioether (sulfide) groups is 2. The summed E-state index contributed by atoms with van der Waals surface area (Å²) < 4.78 is 8.22. The highest BCUT2D eigenvalue weighted by atomic mass is 32.2. The molecule has 32 heavy (non-hydrogen) atoms. The van der Waals surface area contributed by atoms with E-state index in [2.05, 4.69) is 71.2 Å². The molecule has 1 aliphatic rings. The van der Waals surface area contributed by atoms with Crippen molar-refractivity contribution >= 4 is 34.4 Å². The molecule has 4 heteroatoms. The topological polar surface area (TPSA) is 14.2 Å². The maximum Gasteiger partial charge on any atom is 0.118 e. The van der Waals surface area contributed by atoms with Gasteiger partial charge >= 0.3 is 0 Å². The minimum atomic E-state index is 0.361. The Morgan fingerprint density at radius 3 is 2.62 bits per heavy atom. The Morgan fingerprint density at radius 1 is 1.03 bits per heavy atom. The Hall–Kier alpha value is -2.74. The normalized spacial score (nSPS) is 14.6. The number of rotatable bonds is 7. The molecule has 2 heterocycles. The molecule has 1 aliphatic heterocycles. The fourth-order valence-electron chi connectivity index (χ4n) is 4.36. The van der Waals surface area contributed by atoms with Crippen LogP contribution in [-0.2, 0) is 6.54 Å². The summed E-state index contributed by atoms with van der Waals surface area (Å²) in [5, 5.41) is 1.35. The number of methoxy groups -OCH3 is 1. The molecule has 5 rings (SSSR count). The maximum absolute atomic E-state index is 5.48. The molecule has 1 unspecified atom stereocenters. The van der Waals surface area contributed by atoms with E-state index in [0.717, 1.165) is 30.9 Å². The van der Waals surface area contributed by atoms with Gasteiger partial charge in [-0.3, -0.25) is 0 Å². The molecule has 1 aromatic heterocycles. The van der Waals surface area contributed by atoms with E-state index in [-0.39, 0.29) is 0 Å². The SMILES string of the molecule is C#CCCCSC1Sc2ccccc2-c2c1c1ccccc1n2Cc1ccc(OC)cc1. The van der Waals surface area contributed by atoms with Crippen molar-refractivity contribution in [3.8, 4) is 29.4 Å². The van der Waals surface area contributed by atoms with Gasteiger partial charge < -0.3 is 9.30 Å². The summed E-state index contributed by atoms with van der Waals surface area (Å²) in [7, 11) is 1.71. The second-order valence-corrected chi connectivity index (χ2v) is 10.5. The minimum Gasteiger partial charge on any atom is -0.497 e. The Bertz CT molecular complexity index is 1280. The predicted molar refractivity (Wildman–Crippen MR) is 139 cm³/mol. The lowest BCUT2D eigenvalue weighted by Gasteiger charge is -2.26. The van der Waals surface area contributed by atoms with E-state index in [4.69, 9.17) is 11.2 Å². The van der Waals surface area contributed by atoms with Crippen LogP contribution in [0.5, 0.6) is 5.75 Å². The van der Waals surface area contributed by atoms with E-state index in [1.165, 1.54) is 38.2 Å². The zero-order chi connectivity index (χ0) is 21.9. The Balaban J connectivity index is 1.64. The van der Waals surface area contributed by atoms with Gasteiger partial charge in [0.2, 0.25) is 0 Å². The zero-order valence-corrected chi connectivity index (χ0v) is 19.7. The molecule has 1 atom stereocenters.